The Morgan fingerprint density at radius 1 is 0.630 bits per heavy atom. The first-order valence-corrected chi connectivity index (χ1v) is 18.0. The number of rotatable bonds is 13. The first-order chi connectivity index (χ1) is 22.1. The average molecular weight is 678 g/mol. The SMILES string of the molecule is CCC(CC)CC.CCC(CC)CC.CCC(CC)CC.O=C(O)COc1ccc(Cl)cc1Cl.c1ccc(-c2ccccn2)nc1. The number of carboxylic acid groups (broad SMARTS) is 1. The number of carbonyl (C=O) groups is 1. The molecule has 5 nitrogen and oxygen atoms in total. The Kier molecular flexibility index (Phi) is 30.7. The third-order valence-corrected chi connectivity index (χ3v) is 8.56. The van der Waals surface area contributed by atoms with E-state index in [-0.39, 0.29) is 0 Å². The van der Waals surface area contributed by atoms with Crippen LogP contribution in [0.5, 0.6) is 5.75 Å². The summed E-state index contributed by atoms with van der Waals surface area (Å²) in [7, 11) is 0. The summed E-state index contributed by atoms with van der Waals surface area (Å²) in [5, 5.41) is 9.11. The average Bonchev–Trinajstić information content (AvgIpc) is 3.09. The summed E-state index contributed by atoms with van der Waals surface area (Å²) in [4.78, 5) is 18.5. The molecule has 0 aliphatic carbocycles. The third kappa shape index (κ3) is 23.7. The molecule has 0 radical (unpaired) electrons. The lowest BCUT2D eigenvalue weighted by molar-refractivity contribution is -0.139. The van der Waals surface area contributed by atoms with Crippen LogP contribution in [0.15, 0.2) is 67.0 Å². The predicted molar refractivity (Wildman–Crippen MR) is 200 cm³/mol. The maximum Gasteiger partial charge on any atom is 0.341 e. The molecule has 260 valence electrons. The minimum absolute atomic E-state index is 0.300. The number of benzene rings is 1. The van der Waals surface area contributed by atoms with Crippen molar-refractivity contribution in [2.24, 2.45) is 17.8 Å². The normalized spacial score (nSPS) is 9.96. The van der Waals surface area contributed by atoms with Crippen LogP contribution in [0.3, 0.4) is 0 Å². The molecule has 0 saturated heterocycles. The Morgan fingerprint density at radius 2 is 1.00 bits per heavy atom. The summed E-state index contributed by atoms with van der Waals surface area (Å²) in [5.41, 5.74) is 1.83. The summed E-state index contributed by atoms with van der Waals surface area (Å²) in [6, 6.07) is 16.2. The highest BCUT2D eigenvalue weighted by atomic mass is 35.5. The summed E-state index contributed by atoms with van der Waals surface area (Å²) in [6.45, 7) is 19.9. The highest BCUT2D eigenvalue weighted by Gasteiger charge is 2.04. The van der Waals surface area contributed by atoms with Gasteiger partial charge in [0.05, 0.1) is 16.4 Å². The van der Waals surface area contributed by atoms with Gasteiger partial charge in [-0.2, -0.15) is 0 Å². The summed E-state index contributed by atoms with van der Waals surface area (Å²) < 4.78 is 4.86. The van der Waals surface area contributed by atoms with Crippen molar-refractivity contribution in [2.75, 3.05) is 6.61 Å². The monoisotopic (exact) mass is 676 g/mol. The summed E-state index contributed by atoms with van der Waals surface area (Å²) in [5.74, 6) is 2.22. The van der Waals surface area contributed by atoms with E-state index in [1.165, 1.54) is 69.9 Å². The van der Waals surface area contributed by atoms with Crippen molar-refractivity contribution in [3.05, 3.63) is 77.0 Å². The number of carboxylic acids is 1. The van der Waals surface area contributed by atoms with Gasteiger partial charge in [-0.25, -0.2) is 4.79 Å². The number of halogens is 2. The predicted octanol–water partition coefficient (Wildman–Crippen LogP) is 13.1. The van der Waals surface area contributed by atoms with Gasteiger partial charge in [-0.15, -0.1) is 0 Å². The van der Waals surface area contributed by atoms with Crippen molar-refractivity contribution in [1.29, 1.82) is 0 Å². The smallest absolute Gasteiger partial charge is 0.341 e. The molecular formula is C39H62Cl2N2O3. The zero-order valence-corrected chi connectivity index (χ0v) is 31.6. The van der Waals surface area contributed by atoms with Gasteiger partial charge in [-0.05, 0) is 60.2 Å². The fourth-order valence-corrected chi connectivity index (χ4v) is 4.82. The molecule has 0 atom stereocenters. The largest absolute Gasteiger partial charge is 0.480 e. The minimum Gasteiger partial charge on any atom is -0.480 e. The van der Waals surface area contributed by atoms with Crippen LogP contribution in [0.2, 0.25) is 10.0 Å². The van der Waals surface area contributed by atoms with Crippen LogP contribution in [0.4, 0.5) is 0 Å². The van der Waals surface area contributed by atoms with E-state index >= 15 is 0 Å². The van der Waals surface area contributed by atoms with Crippen LogP contribution >= 0.6 is 23.2 Å². The molecule has 0 saturated carbocycles. The van der Waals surface area contributed by atoms with E-state index in [0.29, 0.717) is 15.8 Å². The molecule has 1 aromatic carbocycles. The number of aromatic nitrogens is 2. The molecule has 0 bridgehead atoms. The molecule has 2 aromatic heterocycles. The second-order valence-corrected chi connectivity index (χ2v) is 11.8. The zero-order chi connectivity index (χ0) is 35.2. The van der Waals surface area contributed by atoms with E-state index in [4.69, 9.17) is 33.0 Å². The topological polar surface area (TPSA) is 72.3 Å². The second kappa shape index (κ2) is 31.0. The van der Waals surface area contributed by atoms with Gasteiger partial charge < -0.3 is 9.84 Å². The molecular weight excluding hydrogens is 615 g/mol. The number of ether oxygens (including phenoxy) is 1. The van der Waals surface area contributed by atoms with Gasteiger partial charge in [0, 0.05) is 17.4 Å². The molecule has 3 rings (SSSR count). The number of nitrogens with zero attached hydrogens (tertiary/aromatic N) is 2. The fourth-order valence-electron chi connectivity index (χ4n) is 4.36. The van der Waals surface area contributed by atoms with Gasteiger partial charge in [-0.1, -0.05) is 155 Å². The van der Waals surface area contributed by atoms with Crippen LogP contribution in [0.25, 0.3) is 11.4 Å². The van der Waals surface area contributed by atoms with Crippen LogP contribution in [-0.2, 0) is 4.79 Å². The Bertz CT molecular complexity index is 1010. The second-order valence-electron chi connectivity index (χ2n) is 11.0. The number of hydrogen-bond donors (Lipinski definition) is 1. The Morgan fingerprint density at radius 3 is 1.24 bits per heavy atom. The molecule has 0 unspecified atom stereocenters. The van der Waals surface area contributed by atoms with E-state index < -0.39 is 12.6 Å². The van der Waals surface area contributed by atoms with Gasteiger partial charge in [0.25, 0.3) is 0 Å². The number of aliphatic carboxylic acids is 1. The Labute approximate surface area is 291 Å². The maximum atomic E-state index is 10.2. The zero-order valence-electron chi connectivity index (χ0n) is 30.1. The molecule has 0 aliphatic rings. The minimum atomic E-state index is -1.05. The molecule has 3 aromatic rings. The Hall–Kier alpha value is -2.63. The molecule has 46 heavy (non-hydrogen) atoms. The number of pyridine rings is 2. The van der Waals surface area contributed by atoms with Crippen molar-refractivity contribution < 1.29 is 14.6 Å². The van der Waals surface area contributed by atoms with E-state index in [0.717, 1.165) is 29.1 Å². The fraction of sp³-hybridized carbons (Fsp3) is 0.564. The van der Waals surface area contributed by atoms with Gasteiger partial charge in [0.15, 0.2) is 6.61 Å². The van der Waals surface area contributed by atoms with Crippen molar-refractivity contribution in [1.82, 2.24) is 9.97 Å². The molecule has 2 heterocycles. The summed E-state index contributed by atoms with van der Waals surface area (Å²) in [6.07, 6.45) is 15.7. The highest BCUT2D eigenvalue weighted by molar-refractivity contribution is 6.35. The van der Waals surface area contributed by atoms with Crippen LogP contribution in [0, 0.1) is 17.8 Å². The van der Waals surface area contributed by atoms with Gasteiger partial charge in [0.2, 0.25) is 0 Å². The van der Waals surface area contributed by atoms with Gasteiger partial charge >= 0.3 is 5.97 Å². The Balaban J connectivity index is 0. The number of hydrogen-bond acceptors (Lipinski definition) is 4. The van der Waals surface area contributed by atoms with Crippen molar-refractivity contribution in [2.45, 2.75) is 120 Å². The first-order valence-electron chi connectivity index (χ1n) is 17.2. The molecule has 1 N–H and O–H groups in total. The van der Waals surface area contributed by atoms with E-state index in [1.807, 2.05) is 36.4 Å². The third-order valence-electron chi connectivity index (χ3n) is 8.03. The first kappa shape index (κ1) is 45.5. The van der Waals surface area contributed by atoms with E-state index in [1.54, 1.807) is 18.5 Å². The molecule has 0 fully saturated rings. The van der Waals surface area contributed by atoms with Gasteiger partial charge in [-0.3, -0.25) is 9.97 Å². The molecule has 7 heteroatoms. The maximum absolute atomic E-state index is 10.2. The van der Waals surface area contributed by atoms with Gasteiger partial charge in [0.1, 0.15) is 5.75 Å². The molecule has 0 amide bonds. The standard InChI is InChI=1S/C10H8N2.C8H6Cl2O3.3C7H16/c1-3-7-11-9(5-1)10-6-2-4-8-12-10;9-5-1-2-7(6(10)3-5)13-4-8(11)12;3*1-4-7(5-2)6-3/h1-8H;1-3H,4H2,(H,11,12);3*7H,4-6H2,1-3H3. The van der Waals surface area contributed by atoms with Crippen molar-refractivity contribution in [3.63, 3.8) is 0 Å². The lowest BCUT2D eigenvalue weighted by Crippen LogP contribution is -2.09. The highest BCUT2D eigenvalue weighted by Crippen LogP contribution is 2.27. The quantitative estimate of drug-likeness (QED) is 0.195. The van der Waals surface area contributed by atoms with E-state index in [9.17, 15) is 4.79 Å². The van der Waals surface area contributed by atoms with Crippen LogP contribution in [0.1, 0.15) is 120 Å². The van der Waals surface area contributed by atoms with E-state index in [2.05, 4.69) is 72.3 Å². The summed E-state index contributed by atoms with van der Waals surface area (Å²) >= 11 is 11.3. The van der Waals surface area contributed by atoms with Crippen LogP contribution < -0.4 is 4.74 Å². The van der Waals surface area contributed by atoms with Crippen LogP contribution in [-0.4, -0.2) is 27.7 Å². The molecule has 0 spiro atoms. The lowest BCUT2D eigenvalue weighted by Gasteiger charge is -2.05. The lowest BCUT2D eigenvalue weighted by atomic mass is 10.0. The van der Waals surface area contributed by atoms with Crippen molar-refractivity contribution >= 4 is 29.2 Å². The molecule has 0 aliphatic heterocycles. The van der Waals surface area contributed by atoms with Crippen molar-refractivity contribution in [3.8, 4) is 17.1 Å².